The van der Waals surface area contributed by atoms with Crippen LogP contribution in [-0.2, 0) is 6.54 Å². The van der Waals surface area contributed by atoms with Gasteiger partial charge in [-0.1, -0.05) is 30.3 Å². The molecule has 4 heteroatoms. The summed E-state index contributed by atoms with van der Waals surface area (Å²) in [7, 11) is 0. The molecule has 2 aliphatic rings. The van der Waals surface area contributed by atoms with Crippen LogP contribution in [0.5, 0.6) is 0 Å². The van der Waals surface area contributed by atoms with E-state index in [9.17, 15) is 4.39 Å². The molecule has 3 N–H and O–H groups in total. The summed E-state index contributed by atoms with van der Waals surface area (Å²) >= 11 is 0. The van der Waals surface area contributed by atoms with E-state index in [0.717, 1.165) is 50.9 Å². The number of nitrogens with one attached hydrogen (secondary N) is 1. The molecule has 2 aromatic rings. The first kappa shape index (κ1) is 16.6. The first-order chi connectivity index (χ1) is 12.2. The van der Waals surface area contributed by atoms with Crippen LogP contribution in [0.1, 0.15) is 42.9 Å². The van der Waals surface area contributed by atoms with E-state index in [2.05, 4.69) is 34.5 Å². The highest BCUT2D eigenvalue weighted by Crippen LogP contribution is 2.44. The van der Waals surface area contributed by atoms with Crippen LogP contribution in [0.25, 0.3) is 0 Å². The topological polar surface area (TPSA) is 41.3 Å². The summed E-state index contributed by atoms with van der Waals surface area (Å²) in [6.45, 7) is 2.87. The minimum atomic E-state index is -0.182. The van der Waals surface area contributed by atoms with Crippen molar-refractivity contribution in [2.75, 3.05) is 18.0 Å². The fourth-order valence-electron chi connectivity index (χ4n) is 4.45. The highest BCUT2D eigenvalue weighted by atomic mass is 19.1. The predicted octanol–water partition coefficient (Wildman–Crippen LogP) is 3.75. The fraction of sp³-hybridized carbons (Fsp3) is 0.429. The van der Waals surface area contributed by atoms with Gasteiger partial charge in [0.05, 0.1) is 0 Å². The van der Waals surface area contributed by atoms with Crippen molar-refractivity contribution in [1.82, 2.24) is 5.32 Å². The lowest BCUT2D eigenvalue weighted by Gasteiger charge is -2.48. The molecule has 1 saturated heterocycles. The average Bonchev–Trinajstić information content (AvgIpc) is 2.76. The second kappa shape index (κ2) is 6.77. The number of rotatable bonds is 2. The van der Waals surface area contributed by atoms with Gasteiger partial charge in [0.2, 0.25) is 0 Å². The normalized spacial score (nSPS) is 22.5. The smallest absolute Gasteiger partial charge is 0.123 e. The molecule has 1 spiro atoms. The maximum atomic E-state index is 13.3. The summed E-state index contributed by atoms with van der Waals surface area (Å²) in [6, 6.07) is 15.5. The van der Waals surface area contributed by atoms with Gasteiger partial charge in [-0.25, -0.2) is 4.39 Å². The number of fused-ring (bicyclic) bond motifs is 1. The molecule has 25 heavy (non-hydrogen) atoms. The fourth-order valence-corrected chi connectivity index (χ4v) is 4.45. The van der Waals surface area contributed by atoms with Crippen LogP contribution in [0.15, 0.2) is 48.5 Å². The molecular weight excluding hydrogens is 313 g/mol. The summed E-state index contributed by atoms with van der Waals surface area (Å²) in [5, 5.41) is 3.50. The van der Waals surface area contributed by atoms with Crippen molar-refractivity contribution >= 4 is 5.69 Å². The zero-order chi connectivity index (χ0) is 17.3. The van der Waals surface area contributed by atoms with E-state index >= 15 is 0 Å². The van der Waals surface area contributed by atoms with Crippen LogP contribution in [0.4, 0.5) is 10.1 Å². The van der Waals surface area contributed by atoms with E-state index in [4.69, 9.17) is 5.73 Å². The van der Waals surface area contributed by atoms with E-state index in [1.807, 2.05) is 12.1 Å². The van der Waals surface area contributed by atoms with E-state index in [0.29, 0.717) is 0 Å². The van der Waals surface area contributed by atoms with Crippen molar-refractivity contribution in [2.24, 2.45) is 5.73 Å². The molecule has 0 saturated carbocycles. The highest BCUT2D eigenvalue weighted by molar-refractivity contribution is 5.58. The number of hydrogen-bond acceptors (Lipinski definition) is 3. The first-order valence-corrected chi connectivity index (χ1v) is 9.25. The number of piperidine rings is 1. The minimum absolute atomic E-state index is 0.0844. The van der Waals surface area contributed by atoms with Crippen molar-refractivity contribution in [3.8, 4) is 0 Å². The Kier molecular flexibility index (Phi) is 4.48. The summed E-state index contributed by atoms with van der Waals surface area (Å²) in [5.41, 5.74) is 10.3. The summed E-state index contributed by atoms with van der Waals surface area (Å²) in [5.74, 6) is -0.182. The molecule has 1 fully saturated rings. The van der Waals surface area contributed by atoms with Crippen molar-refractivity contribution in [3.05, 3.63) is 65.5 Å². The van der Waals surface area contributed by atoms with Gasteiger partial charge in [0.25, 0.3) is 0 Å². The standard InChI is InChI=1S/C21H26FN3/c22-17-7-5-16(6-8-17)15-25-20-4-2-1-3-18(20)19(23)9-10-21(25)11-13-24-14-12-21/h1-8,19,24H,9-15,23H2/t19-/m1/s1. The molecular formula is C21H26FN3. The van der Waals surface area contributed by atoms with Crippen LogP contribution in [0.3, 0.4) is 0 Å². The van der Waals surface area contributed by atoms with Gasteiger partial charge >= 0.3 is 0 Å². The Morgan fingerprint density at radius 3 is 2.52 bits per heavy atom. The summed E-state index contributed by atoms with van der Waals surface area (Å²) < 4.78 is 13.3. The van der Waals surface area contributed by atoms with Gasteiger partial charge in [-0.15, -0.1) is 0 Å². The van der Waals surface area contributed by atoms with Gasteiger partial charge < -0.3 is 16.0 Å². The summed E-state index contributed by atoms with van der Waals surface area (Å²) in [6.07, 6.45) is 4.35. The zero-order valence-electron chi connectivity index (χ0n) is 14.5. The lowest BCUT2D eigenvalue weighted by atomic mass is 9.81. The quantitative estimate of drug-likeness (QED) is 0.875. The van der Waals surface area contributed by atoms with Crippen LogP contribution in [-0.4, -0.2) is 18.6 Å². The SMILES string of the molecule is N[C@@H]1CCC2(CCNCC2)N(Cc2ccc(F)cc2)c2ccccc21. The highest BCUT2D eigenvalue weighted by Gasteiger charge is 2.41. The van der Waals surface area contributed by atoms with Crippen molar-refractivity contribution in [1.29, 1.82) is 0 Å². The number of para-hydroxylation sites is 1. The largest absolute Gasteiger partial charge is 0.361 e. The van der Waals surface area contributed by atoms with Crippen molar-refractivity contribution in [2.45, 2.75) is 43.8 Å². The lowest BCUT2D eigenvalue weighted by Crippen LogP contribution is -2.54. The molecule has 0 amide bonds. The molecule has 132 valence electrons. The van der Waals surface area contributed by atoms with Gasteiger partial charge in [0.15, 0.2) is 0 Å². The van der Waals surface area contributed by atoms with E-state index in [-0.39, 0.29) is 17.4 Å². The molecule has 0 unspecified atom stereocenters. The van der Waals surface area contributed by atoms with Gasteiger partial charge in [0.1, 0.15) is 5.82 Å². The number of halogens is 1. The summed E-state index contributed by atoms with van der Waals surface area (Å²) in [4.78, 5) is 2.56. The number of benzene rings is 2. The Morgan fingerprint density at radius 2 is 1.76 bits per heavy atom. The van der Waals surface area contributed by atoms with Crippen molar-refractivity contribution < 1.29 is 4.39 Å². The maximum Gasteiger partial charge on any atom is 0.123 e. The number of nitrogens with two attached hydrogens (primary N) is 1. The van der Waals surface area contributed by atoms with Gasteiger partial charge in [-0.3, -0.25) is 0 Å². The molecule has 2 aliphatic heterocycles. The Morgan fingerprint density at radius 1 is 1.04 bits per heavy atom. The lowest BCUT2D eigenvalue weighted by molar-refractivity contribution is 0.262. The Balaban J connectivity index is 1.77. The van der Waals surface area contributed by atoms with Gasteiger partial charge in [-0.2, -0.15) is 0 Å². The van der Waals surface area contributed by atoms with E-state index < -0.39 is 0 Å². The molecule has 0 aromatic heterocycles. The molecule has 0 bridgehead atoms. The van der Waals surface area contributed by atoms with Gasteiger partial charge in [-0.05, 0) is 68.1 Å². The predicted molar refractivity (Wildman–Crippen MR) is 100 cm³/mol. The molecule has 4 rings (SSSR count). The number of nitrogens with zero attached hydrogens (tertiary/aromatic N) is 1. The van der Waals surface area contributed by atoms with Crippen LogP contribution in [0, 0.1) is 5.82 Å². The minimum Gasteiger partial charge on any atom is -0.361 e. The molecule has 2 aromatic carbocycles. The van der Waals surface area contributed by atoms with Crippen LogP contribution >= 0.6 is 0 Å². The average molecular weight is 339 g/mol. The first-order valence-electron chi connectivity index (χ1n) is 9.25. The van der Waals surface area contributed by atoms with E-state index in [1.165, 1.54) is 11.3 Å². The molecule has 0 radical (unpaired) electrons. The third-order valence-corrected chi connectivity index (χ3v) is 5.91. The zero-order valence-corrected chi connectivity index (χ0v) is 14.5. The Bertz CT molecular complexity index is 722. The number of hydrogen-bond donors (Lipinski definition) is 2. The molecule has 0 aliphatic carbocycles. The van der Waals surface area contributed by atoms with Crippen LogP contribution in [0.2, 0.25) is 0 Å². The maximum absolute atomic E-state index is 13.3. The van der Waals surface area contributed by atoms with E-state index in [1.54, 1.807) is 12.1 Å². The monoisotopic (exact) mass is 339 g/mol. The Labute approximate surface area is 149 Å². The van der Waals surface area contributed by atoms with Crippen LogP contribution < -0.4 is 16.0 Å². The molecule has 3 nitrogen and oxygen atoms in total. The Hall–Kier alpha value is -1.91. The molecule has 1 atom stereocenters. The third-order valence-electron chi connectivity index (χ3n) is 5.91. The number of anilines is 1. The second-order valence-corrected chi connectivity index (χ2v) is 7.39. The van der Waals surface area contributed by atoms with Crippen molar-refractivity contribution in [3.63, 3.8) is 0 Å². The molecule has 2 heterocycles. The third kappa shape index (κ3) is 3.16. The second-order valence-electron chi connectivity index (χ2n) is 7.39. The van der Waals surface area contributed by atoms with Gasteiger partial charge in [0, 0.05) is 23.8 Å².